The first-order valence-corrected chi connectivity index (χ1v) is 7.87. The summed E-state index contributed by atoms with van der Waals surface area (Å²) in [5, 5.41) is 12.7. The maximum absolute atomic E-state index is 12.3. The van der Waals surface area contributed by atoms with Crippen LogP contribution in [-0.2, 0) is 22.4 Å². The Morgan fingerprint density at radius 2 is 1.96 bits per heavy atom. The van der Waals surface area contributed by atoms with E-state index in [-0.39, 0.29) is 18.9 Å². The molecule has 0 aliphatic carbocycles. The average Bonchev–Trinajstić information content (AvgIpc) is 2.97. The van der Waals surface area contributed by atoms with Gasteiger partial charge in [-0.3, -0.25) is 9.59 Å². The maximum atomic E-state index is 12.3. The molecule has 0 bridgehead atoms. The summed E-state index contributed by atoms with van der Waals surface area (Å²) in [6, 6.07) is 9.68. The molecule has 2 rings (SSSR count). The molecule has 1 aromatic heterocycles. The van der Waals surface area contributed by atoms with E-state index in [1.165, 1.54) is 4.90 Å². The first-order valence-electron chi connectivity index (χ1n) is 7.87. The molecule has 0 atom stereocenters. The van der Waals surface area contributed by atoms with Gasteiger partial charge in [0.15, 0.2) is 5.82 Å². The molecule has 1 heterocycles. The molecule has 128 valence electrons. The first-order chi connectivity index (χ1) is 11.5. The van der Waals surface area contributed by atoms with Crippen molar-refractivity contribution in [2.24, 2.45) is 0 Å². The van der Waals surface area contributed by atoms with Crippen molar-refractivity contribution in [1.29, 1.82) is 0 Å². The normalized spacial score (nSPS) is 10.5. The van der Waals surface area contributed by atoms with Crippen LogP contribution in [0.25, 0.3) is 0 Å². The van der Waals surface area contributed by atoms with Crippen LogP contribution < -0.4 is 0 Å². The molecule has 1 aromatic carbocycles. The second-order valence-corrected chi connectivity index (χ2v) is 5.53. The van der Waals surface area contributed by atoms with Crippen molar-refractivity contribution in [3.05, 3.63) is 47.6 Å². The van der Waals surface area contributed by atoms with E-state index in [2.05, 4.69) is 10.1 Å². The molecule has 0 spiro atoms. The van der Waals surface area contributed by atoms with Gasteiger partial charge in [-0.25, -0.2) is 0 Å². The zero-order valence-electron chi connectivity index (χ0n) is 13.6. The van der Waals surface area contributed by atoms with Gasteiger partial charge in [-0.1, -0.05) is 35.5 Å². The SMILES string of the molecule is Cc1noc(CCCC(=O)N(CCc2ccccc2)CC(=O)O)n1. The molecule has 0 radical (unpaired) electrons. The van der Waals surface area contributed by atoms with Crippen molar-refractivity contribution in [2.75, 3.05) is 13.1 Å². The molecule has 1 amide bonds. The van der Waals surface area contributed by atoms with Gasteiger partial charge in [-0.15, -0.1) is 0 Å². The fourth-order valence-electron chi connectivity index (χ4n) is 2.35. The molecule has 0 saturated carbocycles. The molecular formula is C17H21N3O4. The van der Waals surface area contributed by atoms with E-state index in [1.807, 2.05) is 30.3 Å². The number of aryl methyl sites for hydroxylation is 2. The predicted molar refractivity (Wildman–Crippen MR) is 86.3 cm³/mol. The quantitative estimate of drug-likeness (QED) is 0.753. The summed E-state index contributed by atoms with van der Waals surface area (Å²) >= 11 is 0. The van der Waals surface area contributed by atoms with Gasteiger partial charge in [0.05, 0.1) is 0 Å². The van der Waals surface area contributed by atoms with E-state index in [1.54, 1.807) is 6.92 Å². The number of carbonyl (C=O) groups is 2. The number of carbonyl (C=O) groups excluding carboxylic acids is 1. The van der Waals surface area contributed by atoms with Crippen LogP contribution in [0, 0.1) is 6.92 Å². The number of aromatic nitrogens is 2. The standard InChI is InChI=1S/C17H21N3O4/c1-13-18-15(24-19-13)8-5-9-16(21)20(12-17(22)23)11-10-14-6-3-2-4-7-14/h2-4,6-7H,5,8-12H2,1H3,(H,22,23). The van der Waals surface area contributed by atoms with Gasteiger partial charge in [0.1, 0.15) is 6.54 Å². The zero-order valence-corrected chi connectivity index (χ0v) is 13.6. The number of carboxylic acid groups (broad SMARTS) is 1. The number of carboxylic acids is 1. The van der Waals surface area contributed by atoms with Gasteiger partial charge >= 0.3 is 5.97 Å². The van der Waals surface area contributed by atoms with Crippen LogP contribution >= 0.6 is 0 Å². The molecule has 7 nitrogen and oxygen atoms in total. The van der Waals surface area contributed by atoms with Gasteiger partial charge in [0, 0.05) is 19.4 Å². The number of benzene rings is 1. The first kappa shape index (κ1) is 17.7. The number of nitrogens with zero attached hydrogens (tertiary/aromatic N) is 3. The van der Waals surface area contributed by atoms with Crippen LogP contribution in [-0.4, -0.2) is 45.1 Å². The lowest BCUT2D eigenvalue weighted by Crippen LogP contribution is -2.37. The Morgan fingerprint density at radius 3 is 2.58 bits per heavy atom. The zero-order chi connectivity index (χ0) is 17.4. The third-order valence-electron chi connectivity index (χ3n) is 3.54. The van der Waals surface area contributed by atoms with Crippen molar-refractivity contribution < 1.29 is 19.2 Å². The van der Waals surface area contributed by atoms with E-state index < -0.39 is 5.97 Å². The fourth-order valence-corrected chi connectivity index (χ4v) is 2.35. The summed E-state index contributed by atoms with van der Waals surface area (Å²) in [5.74, 6) is -0.130. The number of hydrogen-bond acceptors (Lipinski definition) is 5. The molecule has 1 N–H and O–H groups in total. The smallest absolute Gasteiger partial charge is 0.323 e. The monoisotopic (exact) mass is 331 g/mol. The van der Waals surface area contributed by atoms with Crippen molar-refractivity contribution in [3.63, 3.8) is 0 Å². The Kier molecular flexibility index (Phi) is 6.48. The Bertz CT molecular complexity index is 669. The van der Waals surface area contributed by atoms with Gasteiger partial charge in [0.2, 0.25) is 11.8 Å². The molecule has 0 aliphatic heterocycles. The van der Waals surface area contributed by atoms with Gasteiger partial charge in [-0.2, -0.15) is 4.98 Å². The molecule has 0 unspecified atom stereocenters. The van der Waals surface area contributed by atoms with E-state index in [9.17, 15) is 9.59 Å². The summed E-state index contributed by atoms with van der Waals surface area (Å²) < 4.78 is 5.00. The number of amides is 1. The minimum absolute atomic E-state index is 0.176. The topological polar surface area (TPSA) is 96.5 Å². The summed E-state index contributed by atoms with van der Waals surface area (Å²) in [7, 11) is 0. The molecule has 0 fully saturated rings. The molecule has 0 saturated heterocycles. The molecule has 0 aliphatic rings. The highest BCUT2D eigenvalue weighted by atomic mass is 16.5. The fraction of sp³-hybridized carbons (Fsp3) is 0.412. The van der Waals surface area contributed by atoms with Crippen LogP contribution in [0.4, 0.5) is 0 Å². The summed E-state index contributed by atoms with van der Waals surface area (Å²) in [5.41, 5.74) is 1.07. The lowest BCUT2D eigenvalue weighted by molar-refractivity contribution is -0.144. The third kappa shape index (κ3) is 5.83. The van der Waals surface area contributed by atoms with Crippen LogP contribution in [0.15, 0.2) is 34.9 Å². The Hall–Kier alpha value is -2.70. The van der Waals surface area contributed by atoms with Crippen molar-refractivity contribution >= 4 is 11.9 Å². The van der Waals surface area contributed by atoms with Crippen molar-refractivity contribution in [1.82, 2.24) is 15.0 Å². The van der Waals surface area contributed by atoms with E-state index >= 15 is 0 Å². The van der Waals surface area contributed by atoms with Gasteiger partial charge < -0.3 is 14.5 Å². The predicted octanol–water partition coefficient (Wildman–Crippen LogP) is 1.86. The average molecular weight is 331 g/mol. The third-order valence-corrected chi connectivity index (χ3v) is 3.54. The Morgan fingerprint density at radius 1 is 1.21 bits per heavy atom. The van der Waals surface area contributed by atoms with Crippen molar-refractivity contribution in [3.8, 4) is 0 Å². The lowest BCUT2D eigenvalue weighted by atomic mass is 10.1. The minimum atomic E-state index is -1.01. The molecular weight excluding hydrogens is 310 g/mol. The second-order valence-electron chi connectivity index (χ2n) is 5.53. The Balaban J connectivity index is 1.83. The van der Waals surface area contributed by atoms with Crippen LogP contribution in [0.5, 0.6) is 0 Å². The number of rotatable bonds is 9. The largest absolute Gasteiger partial charge is 0.480 e. The van der Waals surface area contributed by atoms with E-state index in [4.69, 9.17) is 9.63 Å². The number of hydrogen-bond donors (Lipinski definition) is 1. The van der Waals surface area contributed by atoms with Crippen LogP contribution in [0.1, 0.15) is 30.1 Å². The molecule has 24 heavy (non-hydrogen) atoms. The highest BCUT2D eigenvalue weighted by molar-refractivity contribution is 5.81. The summed E-state index contributed by atoms with van der Waals surface area (Å²) in [4.78, 5) is 28.8. The number of aliphatic carboxylic acids is 1. The highest BCUT2D eigenvalue weighted by Crippen LogP contribution is 2.07. The minimum Gasteiger partial charge on any atom is -0.480 e. The Labute approximate surface area is 140 Å². The maximum Gasteiger partial charge on any atom is 0.323 e. The van der Waals surface area contributed by atoms with Gasteiger partial charge in [0.25, 0.3) is 0 Å². The lowest BCUT2D eigenvalue weighted by Gasteiger charge is -2.20. The highest BCUT2D eigenvalue weighted by Gasteiger charge is 2.17. The van der Waals surface area contributed by atoms with Crippen molar-refractivity contribution in [2.45, 2.75) is 32.6 Å². The van der Waals surface area contributed by atoms with Gasteiger partial charge in [-0.05, 0) is 25.3 Å². The summed E-state index contributed by atoms with van der Waals surface area (Å²) in [6.07, 6.45) is 1.93. The molecule has 7 heteroatoms. The van der Waals surface area contributed by atoms with E-state index in [0.29, 0.717) is 37.5 Å². The van der Waals surface area contributed by atoms with Crippen LogP contribution in [0.2, 0.25) is 0 Å². The van der Waals surface area contributed by atoms with E-state index in [0.717, 1.165) is 5.56 Å². The summed E-state index contributed by atoms with van der Waals surface area (Å²) in [6.45, 7) is 1.83. The van der Waals surface area contributed by atoms with Crippen LogP contribution in [0.3, 0.4) is 0 Å². The second kappa shape index (κ2) is 8.81. The molecule has 2 aromatic rings.